The number of phenolic OH excluding ortho intramolecular Hbond substituents is 1. The van der Waals surface area contributed by atoms with Crippen LogP contribution >= 0.6 is 0 Å². The molecule has 2 aliphatic heterocycles. The van der Waals surface area contributed by atoms with Crippen molar-refractivity contribution in [3.8, 4) is 17.2 Å². The summed E-state index contributed by atoms with van der Waals surface area (Å²) in [4.78, 5) is 0. The second-order valence-electron chi connectivity index (χ2n) is 5.15. The average Bonchev–Trinajstić information content (AvgIpc) is 2.51. The molecule has 0 unspecified atom stereocenters. The first-order valence-electron chi connectivity index (χ1n) is 7.21. The third kappa shape index (κ3) is 3.54. The van der Waals surface area contributed by atoms with Gasteiger partial charge in [0.25, 0.3) is 0 Å². The van der Waals surface area contributed by atoms with Crippen LogP contribution in [0, 0.1) is 0 Å². The number of aryl methyl sites for hydroxylation is 1. The molecule has 2 aromatic carbocycles. The predicted octanol–water partition coefficient (Wildman–Crippen LogP) is 4.79. The van der Waals surface area contributed by atoms with Crippen LogP contribution < -0.4 is 4.74 Å². The van der Waals surface area contributed by atoms with Crippen molar-refractivity contribution in [2.45, 2.75) is 19.3 Å². The van der Waals surface area contributed by atoms with Gasteiger partial charge in [0.05, 0.1) is 0 Å². The van der Waals surface area contributed by atoms with E-state index in [0.29, 0.717) is 5.75 Å². The Balaban J connectivity index is 1.96. The van der Waals surface area contributed by atoms with Gasteiger partial charge in [0, 0.05) is 0 Å². The number of allylic oxidation sites excluding steroid dienone is 4. The Morgan fingerprint density at radius 3 is 2.48 bits per heavy atom. The number of ether oxygens (including phenoxy) is 1. The molecule has 0 spiro atoms. The Bertz CT molecular complexity index is 666. The average molecular weight is 278 g/mol. The molecule has 2 heteroatoms. The zero-order valence-electron chi connectivity index (χ0n) is 11.8. The Hall–Kier alpha value is -2.48. The van der Waals surface area contributed by atoms with E-state index in [2.05, 4.69) is 36.4 Å². The van der Waals surface area contributed by atoms with Crippen LogP contribution in [0.2, 0.25) is 0 Å². The van der Waals surface area contributed by atoms with Crippen LogP contribution in [-0.2, 0) is 12.8 Å². The van der Waals surface area contributed by atoms with Gasteiger partial charge in [-0.25, -0.2) is 0 Å². The number of hydrogen-bond donors (Lipinski definition) is 1. The summed E-state index contributed by atoms with van der Waals surface area (Å²) in [6.07, 6.45) is 11.3. The molecule has 0 fully saturated rings. The molecule has 2 aromatic rings. The maximum absolute atomic E-state index is 9.92. The topological polar surface area (TPSA) is 29.5 Å². The Morgan fingerprint density at radius 1 is 0.857 bits per heavy atom. The van der Waals surface area contributed by atoms with E-state index in [4.69, 9.17) is 4.74 Å². The standard InChI is InChI=1S/C19H18O2/c20-18-13-10-16-7-5-3-1-2-4-6-15-8-11-17(12-9-15)21-19(18)14-16/h1-3,5,8-14,20H,4,6-7H2/b2-1-,5-3-. The van der Waals surface area contributed by atoms with Gasteiger partial charge in [-0.1, -0.05) is 42.5 Å². The molecule has 2 heterocycles. The molecular formula is C19H18O2. The quantitative estimate of drug-likeness (QED) is 0.751. The molecule has 4 bridgehead atoms. The normalized spacial score (nSPS) is 17.3. The minimum Gasteiger partial charge on any atom is -0.504 e. The highest BCUT2D eigenvalue weighted by atomic mass is 16.5. The SMILES string of the molecule is Oc1ccc2cc1Oc1ccc(cc1)CC/C=C\C=C/C2. The molecule has 0 atom stereocenters. The van der Waals surface area contributed by atoms with Crippen LogP contribution in [0.25, 0.3) is 0 Å². The van der Waals surface area contributed by atoms with Gasteiger partial charge < -0.3 is 9.84 Å². The number of rotatable bonds is 0. The maximum atomic E-state index is 9.92. The lowest BCUT2D eigenvalue weighted by Crippen LogP contribution is -1.89. The van der Waals surface area contributed by atoms with E-state index in [1.165, 1.54) is 5.56 Å². The fraction of sp³-hybridized carbons (Fsp3) is 0.158. The van der Waals surface area contributed by atoms with Crippen molar-refractivity contribution in [3.63, 3.8) is 0 Å². The number of hydrogen-bond acceptors (Lipinski definition) is 2. The molecule has 0 saturated carbocycles. The van der Waals surface area contributed by atoms with Crippen LogP contribution in [0.4, 0.5) is 0 Å². The smallest absolute Gasteiger partial charge is 0.169 e. The highest BCUT2D eigenvalue weighted by Gasteiger charge is 2.05. The summed E-state index contributed by atoms with van der Waals surface area (Å²) in [5, 5.41) is 9.92. The van der Waals surface area contributed by atoms with E-state index in [1.807, 2.05) is 24.3 Å². The van der Waals surface area contributed by atoms with Crippen LogP contribution in [0.1, 0.15) is 17.5 Å². The lowest BCUT2D eigenvalue weighted by atomic mass is 10.1. The number of phenols is 1. The first-order valence-corrected chi connectivity index (χ1v) is 7.21. The second kappa shape index (κ2) is 6.31. The number of benzene rings is 2. The summed E-state index contributed by atoms with van der Waals surface area (Å²) in [5.41, 5.74) is 2.39. The summed E-state index contributed by atoms with van der Waals surface area (Å²) < 4.78 is 5.79. The fourth-order valence-corrected chi connectivity index (χ4v) is 2.33. The van der Waals surface area contributed by atoms with Crippen LogP contribution in [0.5, 0.6) is 17.2 Å². The third-order valence-corrected chi connectivity index (χ3v) is 3.51. The second-order valence-corrected chi connectivity index (χ2v) is 5.15. The summed E-state index contributed by atoms with van der Waals surface area (Å²) >= 11 is 0. The van der Waals surface area contributed by atoms with Crippen molar-refractivity contribution in [2.75, 3.05) is 0 Å². The molecule has 106 valence electrons. The maximum Gasteiger partial charge on any atom is 0.169 e. The van der Waals surface area contributed by atoms with Crippen molar-refractivity contribution < 1.29 is 9.84 Å². The highest BCUT2D eigenvalue weighted by molar-refractivity contribution is 5.45. The van der Waals surface area contributed by atoms with E-state index >= 15 is 0 Å². The molecule has 0 aliphatic carbocycles. The molecule has 0 aromatic heterocycles. The molecule has 21 heavy (non-hydrogen) atoms. The van der Waals surface area contributed by atoms with Gasteiger partial charge in [-0.2, -0.15) is 0 Å². The van der Waals surface area contributed by atoms with Crippen molar-refractivity contribution in [1.29, 1.82) is 0 Å². The number of fused-ring (bicyclic) bond motifs is 6. The summed E-state index contributed by atoms with van der Waals surface area (Å²) in [5.74, 6) is 1.40. The third-order valence-electron chi connectivity index (χ3n) is 3.51. The molecule has 2 nitrogen and oxygen atoms in total. The lowest BCUT2D eigenvalue weighted by Gasteiger charge is -2.09. The Kier molecular flexibility index (Phi) is 4.06. The van der Waals surface area contributed by atoms with E-state index < -0.39 is 0 Å². The van der Waals surface area contributed by atoms with Gasteiger partial charge in [-0.3, -0.25) is 0 Å². The van der Waals surface area contributed by atoms with E-state index in [-0.39, 0.29) is 5.75 Å². The van der Waals surface area contributed by atoms with Crippen molar-refractivity contribution in [1.82, 2.24) is 0 Å². The van der Waals surface area contributed by atoms with Crippen molar-refractivity contribution in [3.05, 3.63) is 77.9 Å². The van der Waals surface area contributed by atoms with Crippen LogP contribution in [-0.4, -0.2) is 5.11 Å². The summed E-state index contributed by atoms with van der Waals surface area (Å²) in [7, 11) is 0. The van der Waals surface area contributed by atoms with Crippen molar-refractivity contribution in [2.24, 2.45) is 0 Å². The molecule has 0 radical (unpaired) electrons. The van der Waals surface area contributed by atoms with Gasteiger partial charge in [0.15, 0.2) is 11.5 Å². The predicted molar refractivity (Wildman–Crippen MR) is 84.9 cm³/mol. The van der Waals surface area contributed by atoms with Gasteiger partial charge in [-0.05, 0) is 54.7 Å². The molecule has 0 saturated heterocycles. The minimum atomic E-state index is 0.163. The largest absolute Gasteiger partial charge is 0.504 e. The lowest BCUT2D eigenvalue weighted by molar-refractivity contribution is 0.411. The highest BCUT2D eigenvalue weighted by Crippen LogP contribution is 2.32. The monoisotopic (exact) mass is 278 g/mol. The first-order chi connectivity index (χ1) is 10.3. The minimum absolute atomic E-state index is 0.163. The van der Waals surface area contributed by atoms with Gasteiger partial charge in [-0.15, -0.1) is 0 Å². The summed E-state index contributed by atoms with van der Waals surface area (Å²) in [6.45, 7) is 0. The van der Waals surface area contributed by atoms with E-state index in [9.17, 15) is 5.11 Å². The van der Waals surface area contributed by atoms with E-state index in [1.54, 1.807) is 6.07 Å². The van der Waals surface area contributed by atoms with Crippen LogP contribution in [0.15, 0.2) is 66.8 Å². The van der Waals surface area contributed by atoms with Gasteiger partial charge in [0.1, 0.15) is 5.75 Å². The molecule has 2 aliphatic rings. The Morgan fingerprint density at radius 2 is 1.62 bits per heavy atom. The molecular weight excluding hydrogens is 260 g/mol. The number of aromatic hydroxyl groups is 1. The van der Waals surface area contributed by atoms with E-state index in [0.717, 1.165) is 30.6 Å². The molecule has 1 N–H and O–H groups in total. The van der Waals surface area contributed by atoms with Crippen LogP contribution in [0.3, 0.4) is 0 Å². The van der Waals surface area contributed by atoms with Gasteiger partial charge >= 0.3 is 0 Å². The first kappa shape index (κ1) is 13.5. The fourth-order valence-electron chi connectivity index (χ4n) is 2.33. The zero-order chi connectivity index (χ0) is 14.5. The zero-order valence-corrected chi connectivity index (χ0v) is 11.8. The molecule has 0 amide bonds. The summed E-state index contributed by atoms with van der Waals surface area (Å²) in [6, 6.07) is 13.5. The molecule has 4 rings (SSSR count). The Labute approximate surface area is 125 Å². The van der Waals surface area contributed by atoms with Gasteiger partial charge in [0.2, 0.25) is 0 Å². The van der Waals surface area contributed by atoms with Crippen molar-refractivity contribution >= 4 is 0 Å².